The summed E-state index contributed by atoms with van der Waals surface area (Å²) in [6.45, 7) is 4.10. The van der Waals surface area contributed by atoms with Crippen LogP contribution in [0, 0.1) is 6.92 Å². The van der Waals surface area contributed by atoms with Gasteiger partial charge in [-0.2, -0.15) is 0 Å². The number of hydrogen-bond acceptors (Lipinski definition) is 0. The number of pyridine rings is 1. The number of nitrogens with zero attached hydrogens (tertiary/aromatic N) is 1. The molecule has 0 atom stereocenters. The van der Waals surface area contributed by atoms with Crippen LogP contribution in [-0.4, -0.2) is 7.98 Å². The molecule has 1 heterocycles. The number of aryl methyl sites for hydroxylation is 2. The van der Waals surface area contributed by atoms with Gasteiger partial charge in [-0.3, -0.25) is 4.48 Å². The molecule has 50 valence electrons. The van der Waals surface area contributed by atoms with E-state index in [4.69, 9.17) is 7.98 Å². The van der Waals surface area contributed by atoms with Gasteiger partial charge in [0.15, 0.2) is 5.69 Å². The second-order valence-corrected chi connectivity index (χ2v) is 2.44. The predicted octanol–water partition coefficient (Wildman–Crippen LogP) is 0.777. The average Bonchev–Trinajstić information content (AvgIpc) is 1.95. The summed E-state index contributed by atoms with van der Waals surface area (Å²) in [5.74, 6) is 0. The zero-order chi connectivity index (χ0) is 7.56. The van der Waals surface area contributed by atoms with Crippen molar-refractivity contribution < 1.29 is 4.48 Å². The normalized spacial score (nSPS) is 9.80. The third-order valence-corrected chi connectivity index (χ3v) is 1.66. The first kappa shape index (κ1) is 7.32. The quantitative estimate of drug-likeness (QED) is 0.497. The van der Waals surface area contributed by atoms with Crippen LogP contribution < -0.4 is 4.48 Å². The van der Waals surface area contributed by atoms with Gasteiger partial charge in [-0.1, -0.05) is 6.92 Å². The van der Waals surface area contributed by atoms with Gasteiger partial charge in [0.1, 0.15) is 6.20 Å². The van der Waals surface area contributed by atoms with Gasteiger partial charge >= 0.3 is 7.98 Å². The number of rotatable bonds is 1. The molecule has 0 unspecified atom stereocenters. The van der Waals surface area contributed by atoms with E-state index in [9.17, 15) is 0 Å². The Balaban J connectivity index is 3.04. The first-order valence-corrected chi connectivity index (χ1v) is 3.50. The van der Waals surface area contributed by atoms with Gasteiger partial charge in [0.25, 0.3) is 0 Å². The molecule has 1 aromatic rings. The second kappa shape index (κ2) is 2.87. The van der Waals surface area contributed by atoms with E-state index in [-0.39, 0.29) is 0 Å². The van der Waals surface area contributed by atoms with Crippen molar-refractivity contribution in [3.63, 3.8) is 0 Å². The zero-order valence-electron chi connectivity index (χ0n) is 6.46. The minimum atomic E-state index is 1.04. The molecule has 0 aliphatic carbocycles. The lowest BCUT2D eigenvalue weighted by Crippen LogP contribution is -2.34. The fraction of sp³-hybridized carbons (Fsp3) is 0.375. The topological polar surface area (TPSA) is 3.88 Å². The van der Waals surface area contributed by atoms with Gasteiger partial charge in [-0.15, -0.1) is 0 Å². The van der Waals surface area contributed by atoms with Gasteiger partial charge in [0.2, 0.25) is 0 Å². The highest BCUT2D eigenvalue weighted by atomic mass is 14.8. The molecule has 0 fully saturated rings. The van der Waals surface area contributed by atoms with Gasteiger partial charge < -0.3 is 0 Å². The van der Waals surface area contributed by atoms with Crippen molar-refractivity contribution in [1.29, 1.82) is 0 Å². The van der Waals surface area contributed by atoms with Crippen LogP contribution in [0.1, 0.15) is 18.2 Å². The molecule has 1 aromatic heterocycles. The standard InChI is InChI=1S/C8H11BN/c1-3-8-5-4-7(2)10(9)6-8/h4-6H,3H2,1-2H3/q+1. The molecule has 2 radical (unpaired) electrons. The summed E-state index contributed by atoms with van der Waals surface area (Å²) in [6, 6.07) is 4.12. The minimum Gasteiger partial charge on any atom is -0.290 e. The van der Waals surface area contributed by atoms with E-state index >= 15 is 0 Å². The van der Waals surface area contributed by atoms with Gasteiger partial charge in [-0.05, 0) is 12.5 Å². The summed E-state index contributed by atoms with van der Waals surface area (Å²) in [4.78, 5) is 0. The van der Waals surface area contributed by atoms with Crippen molar-refractivity contribution in [2.45, 2.75) is 20.3 Å². The Morgan fingerprint density at radius 1 is 1.50 bits per heavy atom. The lowest BCUT2D eigenvalue weighted by molar-refractivity contribution is -0.530. The van der Waals surface area contributed by atoms with Gasteiger partial charge in [0, 0.05) is 18.6 Å². The zero-order valence-corrected chi connectivity index (χ0v) is 6.46. The summed E-state index contributed by atoms with van der Waals surface area (Å²) in [5, 5.41) is 0. The van der Waals surface area contributed by atoms with Crippen molar-refractivity contribution in [2.75, 3.05) is 0 Å². The first-order valence-electron chi connectivity index (χ1n) is 3.50. The summed E-state index contributed by atoms with van der Waals surface area (Å²) in [6.07, 6.45) is 2.99. The number of aromatic nitrogens is 1. The van der Waals surface area contributed by atoms with E-state index < -0.39 is 0 Å². The summed E-state index contributed by atoms with van der Waals surface area (Å²) in [7, 11) is 5.61. The van der Waals surface area contributed by atoms with Crippen LogP contribution in [0.4, 0.5) is 0 Å². The smallest absolute Gasteiger partial charge is 0.290 e. The lowest BCUT2D eigenvalue weighted by Gasteiger charge is -1.95. The van der Waals surface area contributed by atoms with Crippen LogP contribution in [0.15, 0.2) is 18.3 Å². The third-order valence-electron chi connectivity index (χ3n) is 1.66. The second-order valence-electron chi connectivity index (χ2n) is 2.44. The Labute approximate surface area is 63.1 Å². The SMILES string of the molecule is [B][n+]1cc(CC)ccc1C. The molecule has 1 nitrogen and oxygen atoms in total. The summed E-state index contributed by atoms with van der Waals surface area (Å²) < 4.78 is 1.65. The molecule has 1 rings (SSSR count). The molecule has 0 bridgehead atoms. The Bertz CT molecular complexity index is 233. The molecular formula is C8H11BN+. The maximum absolute atomic E-state index is 5.61. The van der Waals surface area contributed by atoms with Gasteiger partial charge in [-0.25, -0.2) is 0 Å². The lowest BCUT2D eigenvalue weighted by atomic mass is 10.2. The van der Waals surface area contributed by atoms with E-state index in [1.165, 1.54) is 5.56 Å². The molecule has 0 aromatic carbocycles. The van der Waals surface area contributed by atoms with E-state index in [0.29, 0.717) is 0 Å². The Hall–Kier alpha value is -0.785. The first-order chi connectivity index (χ1) is 4.74. The molecule has 0 saturated heterocycles. The van der Waals surface area contributed by atoms with E-state index in [1.54, 1.807) is 4.48 Å². The molecule has 10 heavy (non-hydrogen) atoms. The monoisotopic (exact) mass is 132 g/mol. The van der Waals surface area contributed by atoms with Crippen LogP contribution >= 0.6 is 0 Å². The van der Waals surface area contributed by atoms with Gasteiger partial charge in [0.05, 0.1) is 0 Å². The van der Waals surface area contributed by atoms with Crippen molar-refractivity contribution >= 4 is 7.98 Å². The van der Waals surface area contributed by atoms with E-state index in [2.05, 4.69) is 13.0 Å². The van der Waals surface area contributed by atoms with E-state index in [0.717, 1.165) is 12.1 Å². The predicted molar refractivity (Wildman–Crippen MR) is 41.9 cm³/mol. The Morgan fingerprint density at radius 3 is 2.70 bits per heavy atom. The molecule has 0 spiro atoms. The third kappa shape index (κ3) is 1.38. The van der Waals surface area contributed by atoms with Crippen LogP contribution in [0.2, 0.25) is 0 Å². The highest BCUT2D eigenvalue weighted by molar-refractivity contribution is 5.94. The van der Waals surface area contributed by atoms with Crippen LogP contribution in [-0.2, 0) is 6.42 Å². The highest BCUT2D eigenvalue weighted by Crippen LogP contribution is 1.96. The van der Waals surface area contributed by atoms with Crippen LogP contribution in [0.5, 0.6) is 0 Å². The fourth-order valence-electron chi connectivity index (χ4n) is 0.846. The van der Waals surface area contributed by atoms with Crippen molar-refractivity contribution in [3.05, 3.63) is 29.6 Å². The van der Waals surface area contributed by atoms with Crippen molar-refractivity contribution in [1.82, 2.24) is 0 Å². The molecule has 2 heteroatoms. The maximum Gasteiger partial charge on any atom is 0.586 e. The largest absolute Gasteiger partial charge is 0.586 e. The summed E-state index contributed by atoms with van der Waals surface area (Å²) >= 11 is 0. The Morgan fingerprint density at radius 2 is 2.20 bits per heavy atom. The Kier molecular flexibility index (Phi) is 2.10. The van der Waals surface area contributed by atoms with Crippen molar-refractivity contribution in [3.8, 4) is 0 Å². The van der Waals surface area contributed by atoms with Crippen molar-refractivity contribution in [2.24, 2.45) is 0 Å². The maximum atomic E-state index is 5.61. The molecule has 0 N–H and O–H groups in total. The average molecular weight is 132 g/mol. The molecule has 0 saturated carbocycles. The van der Waals surface area contributed by atoms with Crippen LogP contribution in [0.25, 0.3) is 0 Å². The summed E-state index contributed by atoms with van der Waals surface area (Å²) in [5.41, 5.74) is 2.35. The molecule has 0 amide bonds. The van der Waals surface area contributed by atoms with E-state index in [1.807, 2.05) is 19.2 Å². The fourth-order valence-corrected chi connectivity index (χ4v) is 0.846. The van der Waals surface area contributed by atoms with Crippen LogP contribution in [0.3, 0.4) is 0 Å². The molecule has 0 aliphatic rings. The molecular weight excluding hydrogens is 121 g/mol. The molecule has 0 aliphatic heterocycles. The number of hydrogen-bond donors (Lipinski definition) is 0. The minimum absolute atomic E-state index is 1.04. The highest BCUT2D eigenvalue weighted by Gasteiger charge is 1.99.